The van der Waals surface area contributed by atoms with E-state index in [2.05, 4.69) is 12.2 Å². The van der Waals surface area contributed by atoms with E-state index in [-0.39, 0.29) is 6.03 Å². The molecule has 0 aromatic carbocycles. The first-order valence-electron chi connectivity index (χ1n) is 7.95. The molecule has 1 heterocycles. The van der Waals surface area contributed by atoms with E-state index in [1.54, 1.807) is 0 Å². The first-order chi connectivity index (χ1) is 9.31. The van der Waals surface area contributed by atoms with Crippen LogP contribution in [-0.2, 0) is 4.74 Å². The van der Waals surface area contributed by atoms with Gasteiger partial charge in [0, 0.05) is 26.2 Å². The van der Waals surface area contributed by atoms with Crippen LogP contribution in [0.25, 0.3) is 0 Å². The molecule has 0 spiro atoms. The SMILES string of the molecule is CCO[C@H](CCNC(=O)N1CCCC1)C1CCCC1. The second-order valence-corrected chi connectivity index (χ2v) is 5.75. The Hall–Kier alpha value is -0.770. The molecule has 0 aromatic rings. The van der Waals surface area contributed by atoms with Gasteiger partial charge in [-0.25, -0.2) is 4.79 Å². The molecule has 0 unspecified atom stereocenters. The monoisotopic (exact) mass is 268 g/mol. The summed E-state index contributed by atoms with van der Waals surface area (Å²) in [5.41, 5.74) is 0. The molecule has 4 heteroatoms. The third-order valence-electron chi connectivity index (χ3n) is 4.40. The largest absolute Gasteiger partial charge is 0.378 e. The maximum Gasteiger partial charge on any atom is 0.317 e. The number of amides is 2. The summed E-state index contributed by atoms with van der Waals surface area (Å²) in [6, 6.07) is 0.110. The van der Waals surface area contributed by atoms with Gasteiger partial charge in [0.15, 0.2) is 0 Å². The summed E-state index contributed by atoms with van der Waals surface area (Å²) < 4.78 is 5.87. The lowest BCUT2D eigenvalue weighted by atomic mass is 9.98. The molecule has 19 heavy (non-hydrogen) atoms. The molecule has 2 amide bonds. The molecule has 2 rings (SSSR count). The Balaban J connectivity index is 1.67. The van der Waals surface area contributed by atoms with Gasteiger partial charge in [0.2, 0.25) is 0 Å². The van der Waals surface area contributed by atoms with Crippen molar-refractivity contribution in [3.05, 3.63) is 0 Å². The fourth-order valence-electron chi connectivity index (χ4n) is 3.35. The summed E-state index contributed by atoms with van der Waals surface area (Å²) in [5, 5.41) is 3.04. The molecule has 0 radical (unpaired) electrons. The van der Waals surface area contributed by atoms with Crippen LogP contribution in [0.1, 0.15) is 51.9 Å². The standard InChI is InChI=1S/C15H28N2O2/c1-2-19-14(13-7-3-4-8-13)9-10-16-15(18)17-11-5-6-12-17/h13-14H,2-12H2,1H3,(H,16,18)/t14-/m1/s1. The molecule has 1 atom stereocenters. The van der Waals surface area contributed by atoms with E-state index >= 15 is 0 Å². The minimum Gasteiger partial charge on any atom is -0.378 e. The van der Waals surface area contributed by atoms with Crippen molar-refractivity contribution in [2.45, 2.75) is 58.0 Å². The maximum atomic E-state index is 11.9. The Labute approximate surface area is 116 Å². The summed E-state index contributed by atoms with van der Waals surface area (Å²) >= 11 is 0. The van der Waals surface area contributed by atoms with E-state index in [9.17, 15) is 4.79 Å². The van der Waals surface area contributed by atoms with Gasteiger partial charge in [0.1, 0.15) is 0 Å². The van der Waals surface area contributed by atoms with Crippen molar-refractivity contribution in [1.29, 1.82) is 0 Å². The van der Waals surface area contributed by atoms with E-state index in [4.69, 9.17) is 4.74 Å². The van der Waals surface area contributed by atoms with Crippen LogP contribution in [0.15, 0.2) is 0 Å². The van der Waals surface area contributed by atoms with E-state index in [0.717, 1.165) is 45.5 Å². The first kappa shape index (κ1) is 14.6. The highest BCUT2D eigenvalue weighted by Crippen LogP contribution is 2.30. The predicted octanol–water partition coefficient (Wildman–Crippen LogP) is 2.78. The highest BCUT2D eigenvalue weighted by atomic mass is 16.5. The minimum atomic E-state index is 0.110. The number of nitrogens with one attached hydrogen (secondary N) is 1. The van der Waals surface area contributed by atoms with E-state index < -0.39 is 0 Å². The predicted molar refractivity (Wildman–Crippen MR) is 76.2 cm³/mol. The van der Waals surface area contributed by atoms with Crippen LogP contribution >= 0.6 is 0 Å². The smallest absolute Gasteiger partial charge is 0.317 e. The fraction of sp³-hybridized carbons (Fsp3) is 0.933. The van der Waals surface area contributed by atoms with Crippen LogP contribution in [0.4, 0.5) is 4.79 Å². The average molecular weight is 268 g/mol. The summed E-state index contributed by atoms with van der Waals surface area (Å²) in [4.78, 5) is 13.8. The molecular formula is C15H28N2O2. The number of urea groups is 1. The van der Waals surface area contributed by atoms with Crippen molar-refractivity contribution >= 4 is 6.03 Å². The molecule has 4 nitrogen and oxygen atoms in total. The summed E-state index contributed by atoms with van der Waals surface area (Å²) in [7, 11) is 0. The van der Waals surface area contributed by atoms with Gasteiger partial charge in [0.05, 0.1) is 6.10 Å². The molecule has 1 saturated heterocycles. The van der Waals surface area contributed by atoms with Crippen LogP contribution in [0.2, 0.25) is 0 Å². The molecule has 1 aliphatic heterocycles. The third-order valence-corrected chi connectivity index (χ3v) is 4.40. The van der Waals surface area contributed by atoms with Gasteiger partial charge >= 0.3 is 6.03 Å². The Morgan fingerprint density at radius 1 is 1.26 bits per heavy atom. The minimum absolute atomic E-state index is 0.110. The van der Waals surface area contributed by atoms with Crippen molar-refractivity contribution in [1.82, 2.24) is 10.2 Å². The number of carbonyl (C=O) groups excluding carboxylic acids is 1. The molecule has 0 bridgehead atoms. The van der Waals surface area contributed by atoms with Crippen LogP contribution in [0.5, 0.6) is 0 Å². The lowest BCUT2D eigenvalue weighted by Gasteiger charge is -2.24. The van der Waals surface area contributed by atoms with Crippen LogP contribution in [0, 0.1) is 5.92 Å². The van der Waals surface area contributed by atoms with Crippen molar-refractivity contribution in [2.24, 2.45) is 5.92 Å². The molecule has 1 saturated carbocycles. The second kappa shape index (κ2) is 7.73. The zero-order valence-corrected chi connectivity index (χ0v) is 12.2. The number of rotatable bonds is 6. The third kappa shape index (κ3) is 4.37. The van der Waals surface area contributed by atoms with Crippen LogP contribution in [-0.4, -0.2) is 43.3 Å². The normalized spacial score (nSPS) is 21.8. The lowest BCUT2D eigenvalue weighted by molar-refractivity contribution is 0.0166. The fourth-order valence-corrected chi connectivity index (χ4v) is 3.35. The molecule has 2 fully saturated rings. The number of hydrogen-bond acceptors (Lipinski definition) is 2. The Morgan fingerprint density at radius 2 is 1.95 bits per heavy atom. The second-order valence-electron chi connectivity index (χ2n) is 5.75. The zero-order valence-electron chi connectivity index (χ0n) is 12.2. The van der Waals surface area contributed by atoms with Crippen molar-refractivity contribution in [3.8, 4) is 0 Å². The molecule has 110 valence electrons. The molecule has 1 aliphatic carbocycles. The number of hydrogen-bond donors (Lipinski definition) is 1. The summed E-state index contributed by atoms with van der Waals surface area (Å²) in [5.74, 6) is 0.712. The van der Waals surface area contributed by atoms with E-state index in [1.165, 1.54) is 25.7 Å². The lowest BCUT2D eigenvalue weighted by Crippen LogP contribution is -2.39. The Bertz CT molecular complexity index is 271. The molecular weight excluding hydrogens is 240 g/mol. The topological polar surface area (TPSA) is 41.6 Å². The van der Waals surface area contributed by atoms with Crippen molar-refractivity contribution in [3.63, 3.8) is 0 Å². The van der Waals surface area contributed by atoms with Gasteiger partial charge in [-0.3, -0.25) is 0 Å². The van der Waals surface area contributed by atoms with Gasteiger partial charge in [0.25, 0.3) is 0 Å². The Kier molecular flexibility index (Phi) is 5.95. The van der Waals surface area contributed by atoms with Gasteiger partial charge in [-0.15, -0.1) is 0 Å². The van der Waals surface area contributed by atoms with Gasteiger partial charge < -0.3 is 15.0 Å². The number of nitrogens with zero attached hydrogens (tertiary/aromatic N) is 1. The van der Waals surface area contributed by atoms with E-state index in [1.807, 2.05) is 4.90 Å². The quantitative estimate of drug-likeness (QED) is 0.805. The highest BCUT2D eigenvalue weighted by Gasteiger charge is 2.25. The van der Waals surface area contributed by atoms with E-state index in [0.29, 0.717) is 12.0 Å². The van der Waals surface area contributed by atoms with Crippen LogP contribution < -0.4 is 5.32 Å². The number of ether oxygens (including phenoxy) is 1. The zero-order chi connectivity index (χ0) is 13.5. The maximum absolute atomic E-state index is 11.9. The van der Waals surface area contributed by atoms with Crippen molar-refractivity contribution < 1.29 is 9.53 Å². The van der Waals surface area contributed by atoms with Crippen LogP contribution in [0.3, 0.4) is 0 Å². The molecule has 2 aliphatic rings. The Morgan fingerprint density at radius 3 is 2.58 bits per heavy atom. The summed E-state index contributed by atoms with van der Waals surface area (Å²) in [6.45, 7) is 5.43. The molecule has 1 N–H and O–H groups in total. The number of carbonyl (C=O) groups is 1. The molecule has 0 aromatic heterocycles. The van der Waals surface area contributed by atoms with Gasteiger partial charge in [-0.2, -0.15) is 0 Å². The van der Waals surface area contributed by atoms with Crippen molar-refractivity contribution in [2.75, 3.05) is 26.2 Å². The average Bonchev–Trinajstić information content (AvgIpc) is 3.10. The van der Waals surface area contributed by atoms with Gasteiger partial charge in [-0.05, 0) is 44.9 Å². The number of likely N-dealkylation sites (tertiary alicyclic amines) is 1. The van der Waals surface area contributed by atoms with Gasteiger partial charge in [-0.1, -0.05) is 12.8 Å². The summed E-state index contributed by atoms with van der Waals surface area (Å²) in [6.07, 6.45) is 8.87. The highest BCUT2D eigenvalue weighted by molar-refractivity contribution is 5.74. The first-order valence-corrected chi connectivity index (χ1v) is 7.95.